The standard InChI is InChI=1S/C22H22N2OS/c1-22(2,3)20(25)15-26-21-23-18(16-10-6-4-7-11-16)14-19(24-21)17-12-8-5-9-13-17/h4-14H,15H2,1-3H3. The van der Waals surface area contributed by atoms with Crippen molar-refractivity contribution in [2.24, 2.45) is 5.41 Å². The van der Waals surface area contributed by atoms with E-state index in [0.717, 1.165) is 22.5 Å². The van der Waals surface area contributed by atoms with Crippen LogP contribution in [0.2, 0.25) is 0 Å². The molecule has 0 bridgehead atoms. The van der Waals surface area contributed by atoms with Gasteiger partial charge in [0.2, 0.25) is 0 Å². The number of Topliss-reactive ketones (excluding diaryl/α,β-unsaturated/α-hetero) is 1. The van der Waals surface area contributed by atoms with E-state index in [1.807, 2.05) is 87.5 Å². The fourth-order valence-electron chi connectivity index (χ4n) is 2.35. The third kappa shape index (κ3) is 4.58. The number of thioether (sulfide) groups is 1. The van der Waals surface area contributed by atoms with Crippen LogP contribution < -0.4 is 0 Å². The van der Waals surface area contributed by atoms with E-state index in [-0.39, 0.29) is 11.2 Å². The van der Waals surface area contributed by atoms with E-state index < -0.39 is 0 Å². The quantitative estimate of drug-likeness (QED) is 0.443. The molecule has 3 rings (SSSR count). The lowest BCUT2D eigenvalue weighted by atomic mass is 9.92. The predicted octanol–water partition coefficient (Wildman–Crippen LogP) is 5.52. The van der Waals surface area contributed by atoms with E-state index in [1.54, 1.807) is 0 Å². The number of carbonyl (C=O) groups excluding carboxylic acids is 1. The Bertz CT molecular complexity index is 829. The maximum Gasteiger partial charge on any atom is 0.189 e. The average Bonchev–Trinajstić information content (AvgIpc) is 2.66. The van der Waals surface area contributed by atoms with E-state index in [2.05, 4.69) is 9.97 Å². The van der Waals surface area contributed by atoms with Crippen molar-refractivity contribution in [1.29, 1.82) is 0 Å². The Hall–Kier alpha value is -2.46. The van der Waals surface area contributed by atoms with E-state index in [1.165, 1.54) is 11.8 Å². The van der Waals surface area contributed by atoms with Crippen LogP contribution >= 0.6 is 11.8 Å². The Labute approximate surface area is 158 Å². The van der Waals surface area contributed by atoms with Gasteiger partial charge in [0, 0.05) is 16.5 Å². The third-order valence-corrected chi connectivity index (χ3v) is 4.86. The van der Waals surface area contributed by atoms with Gasteiger partial charge in [-0.05, 0) is 6.07 Å². The monoisotopic (exact) mass is 362 g/mol. The molecule has 0 saturated carbocycles. The summed E-state index contributed by atoms with van der Waals surface area (Å²) in [7, 11) is 0. The lowest BCUT2D eigenvalue weighted by Gasteiger charge is -2.16. The second kappa shape index (κ2) is 7.83. The first-order chi connectivity index (χ1) is 12.4. The summed E-state index contributed by atoms with van der Waals surface area (Å²) < 4.78 is 0. The van der Waals surface area contributed by atoms with Crippen molar-refractivity contribution in [2.75, 3.05) is 5.75 Å². The van der Waals surface area contributed by atoms with Crippen molar-refractivity contribution in [1.82, 2.24) is 9.97 Å². The minimum atomic E-state index is -0.355. The molecule has 0 aliphatic rings. The summed E-state index contributed by atoms with van der Waals surface area (Å²) in [5.74, 6) is 0.563. The van der Waals surface area contributed by atoms with Crippen molar-refractivity contribution < 1.29 is 4.79 Å². The highest BCUT2D eigenvalue weighted by Gasteiger charge is 2.21. The van der Waals surface area contributed by atoms with Gasteiger partial charge in [0.1, 0.15) is 5.78 Å². The number of rotatable bonds is 5. The van der Waals surface area contributed by atoms with Gasteiger partial charge in [-0.15, -0.1) is 0 Å². The molecule has 3 aromatic rings. The molecule has 0 aliphatic heterocycles. The van der Waals surface area contributed by atoms with Gasteiger partial charge in [0.15, 0.2) is 5.16 Å². The molecular formula is C22H22N2OS. The van der Waals surface area contributed by atoms with E-state index in [4.69, 9.17) is 0 Å². The van der Waals surface area contributed by atoms with Gasteiger partial charge in [-0.1, -0.05) is 93.2 Å². The number of aromatic nitrogens is 2. The molecule has 0 unspecified atom stereocenters. The SMILES string of the molecule is CC(C)(C)C(=O)CSc1nc(-c2ccccc2)cc(-c2ccccc2)n1. The van der Waals surface area contributed by atoms with Crippen LogP contribution in [0.4, 0.5) is 0 Å². The van der Waals surface area contributed by atoms with Crippen molar-refractivity contribution in [2.45, 2.75) is 25.9 Å². The molecule has 0 radical (unpaired) electrons. The van der Waals surface area contributed by atoms with E-state index in [9.17, 15) is 4.79 Å². The van der Waals surface area contributed by atoms with Crippen LogP contribution in [0.25, 0.3) is 22.5 Å². The van der Waals surface area contributed by atoms with Gasteiger partial charge < -0.3 is 0 Å². The molecule has 0 amide bonds. The largest absolute Gasteiger partial charge is 0.298 e. The zero-order valence-electron chi connectivity index (χ0n) is 15.3. The molecule has 0 fully saturated rings. The minimum Gasteiger partial charge on any atom is -0.298 e. The molecular weight excluding hydrogens is 340 g/mol. The van der Waals surface area contributed by atoms with Crippen LogP contribution in [0.15, 0.2) is 71.9 Å². The van der Waals surface area contributed by atoms with Gasteiger partial charge in [0.05, 0.1) is 17.1 Å². The first-order valence-electron chi connectivity index (χ1n) is 8.59. The maximum absolute atomic E-state index is 12.3. The number of hydrogen-bond acceptors (Lipinski definition) is 4. The molecule has 0 saturated heterocycles. The molecule has 1 aromatic heterocycles. The number of benzene rings is 2. The fourth-order valence-corrected chi connectivity index (χ4v) is 3.37. The highest BCUT2D eigenvalue weighted by molar-refractivity contribution is 7.99. The normalized spacial score (nSPS) is 11.3. The zero-order chi connectivity index (χ0) is 18.6. The summed E-state index contributed by atoms with van der Waals surface area (Å²) in [6.45, 7) is 5.81. The first kappa shape index (κ1) is 18.3. The van der Waals surface area contributed by atoms with Gasteiger partial charge in [-0.3, -0.25) is 4.79 Å². The third-order valence-electron chi connectivity index (χ3n) is 4.01. The Kier molecular flexibility index (Phi) is 5.52. The van der Waals surface area contributed by atoms with Crippen LogP contribution in [0.1, 0.15) is 20.8 Å². The Morgan fingerprint density at radius 1 is 0.846 bits per heavy atom. The van der Waals surface area contributed by atoms with Crippen molar-refractivity contribution in [3.05, 3.63) is 66.7 Å². The molecule has 0 N–H and O–H groups in total. The molecule has 0 spiro atoms. The van der Waals surface area contributed by atoms with Gasteiger partial charge >= 0.3 is 0 Å². The second-order valence-corrected chi connectivity index (χ2v) is 8.06. The number of ketones is 1. The van der Waals surface area contributed by atoms with Crippen LogP contribution in [-0.4, -0.2) is 21.5 Å². The van der Waals surface area contributed by atoms with Crippen molar-refractivity contribution in [3.8, 4) is 22.5 Å². The second-order valence-electron chi connectivity index (χ2n) is 7.11. The summed E-state index contributed by atoms with van der Waals surface area (Å²) >= 11 is 1.40. The summed E-state index contributed by atoms with van der Waals surface area (Å²) in [4.78, 5) is 21.6. The molecule has 26 heavy (non-hydrogen) atoms. The van der Waals surface area contributed by atoms with E-state index in [0.29, 0.717) is 10.9 Å². The van der Waals surface area contributed by atoms with Gasteiger partial charge in [-0.2, -0.15) is 0 Å². The zero-order valence-corrected chi connectivity index (χ0v) is 16.1. The Morgan fingerprint density at radius 2 is 1.31 bits per heavy atom. The summed E-state index contributed by atoms with van der Waals surface area (Å²) in [5, 5.41) is 0.628. The fraction of sp³-hybridized carbons (Fsp3) is 0.227. The average molecular weight is 362 g/mol. The van der Waals surface area contributed by atoms with Gasteiger partial charge in [0.25, 0.3) is 0 Å². The molecule has 0 atom stereocenters. The number of carbonyl (C=O) groups is 1. The van der Waals surface area contributed by atoms with Crippen molar-refractivity contribution >= 4 is 17.5 Å². The lowest BCUT2D eigenvalue weighted by Crippen LogP contribution is -2.22. The minimum absolute atomic E-state index is 0.192. The molecule has 0 aliphatic carbocycles. The lowest BCUT2D eigenvalue weighted by molar-refractivity contribution is -0.123. The highest BCUT2D eigenvalue weighted by atomic mass is 32.2. The Balaban J connectivity index is 1.97. The first-order valence-corrected chi connectivity index (χ1v) is 9.58. The highest BCUT2D eigenvalue weighted by Crippen LogP contribution is 2.28. The van der Waals surface area contributed by atoms with Crippen LogP contribution in [0, 0.1) is 5.41 Å². The summed E-state index contributed by atoms with van der Waals surface area (Å²) in [5.41, 5.74) is 3.45. The number of hydrogen-bond donors (Lipinski definition) is 0. The summed E-state index contributed by atoms with van der Waals surface area (Å²) in [6.07, 6.45) is 0. The smallest absolute Gasteiger partial charge is 0.189 e. The summed E-state index contributed by atoms with van der Waals surface area (Å²) in [6, 6.07) is 22.1. The van der Waals surface area contributed by atoms with Crippen LogP contribution in [0.3, 0.4) is 0 Å². The number of nitrogens with zero attached hydrogens (tertiary/aromatic N) is 2. The molecule has 2 aromatic carbocycles. The molecule has 3 nitrogen and oxygen atoms in total. The van der Waals surface area contributed by atoms with Crippen molar-refractivity contribution in [3.63, 3.8) is 0 Å². The van der Waals surface area contributed by atoms with Crippen LogP contribution in [0.5, 0.6) is 0 Å². The molecule has 4 heteroatoms. The topological polar surface area (TPSA) is 42.9 Å². The predicted molar refractivity (Wildman–Crippen MR) is 108 cm³/mol. The Morgan fingerprint density at radius 3 is 1.73 bits per heavy atom. The maximum atomic E-state index is 12.3. The van der Waals surface area contributed by atoms with Gasteiger partial charge in [-0.25, -0.2) is 9.97 Å². The van der Waals surface area contributed by atoms with E-state index >= 15 is 0 Å². The molecule has 132 valence electrons. The van der Waals surface area contributed by atoms with Crippen LogP contribution in [-0.2, 0) is 4.79 Å². The molecule has 1 heterocycles.